The molecule has 7 heteroatoms. The van der Waals surface area contributed by atoms with Crippen LogP contribution in [0.15, 0.2) is 54.6 Å². The van der Waals surface area contributed by atoms with Gasteiger partial charge in [0.15, 0.2) is 0 Å². The third kappa shape index (κ3) is 3.85. The Morgan fingerprint density at radius 2 is 1.52 bits per heavy atom. The van der Waals surface area contributed by atoms with E-state index >= 15 is 0 Å². The standard InChI is InChI=1S/C20H17ClFN3O2/c1-12-11-17(13(2)25(12)15-9-7-14(21)8-10-15)20(27)24-23-19(26)16-5-3-4-6-18(16)22/h3-11H,1-2H3,(H,23,26)(H,24,27). The van der Waals surface area contributed by atoms with Gasteiger partial charge in [-0.25, -0.2) is 4.39 Å². The van der Waals surface area contributed by atoms with Gasteiger partial charge in [0, 0.05) is 22.1 Å². The van der Waals surface area contributed by atoms with Crippen LogP contribution >= 0.6 is 11.6 Å². The Labute approximate surface area is 160 Å². The zero-order valence-electron chi connectivity index (χ0n) is 14.7. The first-order valence-corrected chi connectivity index (χ1v) is 8.56. The Morgan fingerprint density at radius 1 is 0.926 bits per heavy atom. The minimum Gasteiger partial charge on any atom is -0.318 e. The van der Waals surface area contributed by atoms with Crippen LogP contribution in [0.4, 0.5) is 4.39 Å². The molecular weight excluding hydrogens is 369 g/mol. The Bertz CT molecular complexity index is 1010. The number of carbonyl (C=O) groups is 2. The van der Waals surface area contributed by atoms with Crippen LogP contribution in [0.5, 0.6) is 0 Å². The predicted molar refractivity (Wildman–Crippen MR) is 102 cm³/mol. The Hall–Kier alpha value is -3.12. The number of benzene rings is 2. The van der Waals surface area contributed by atoms with Crippen LogP contribution in [0.3, 0.4) is 0 Å². The van der Waals surface area contributed by atoms with E-state index < -0.39 is 17.6 Å². The van der Waals surface area contributed by atoms with Gasteiger partial charge in [-0.2, -0.15) is 0 Å². The van der Waals surface area contributed by atoms with Crippen molar-refractivity contribution in [3.8, 4) is 5.69 Å². The summed E-state index contributed by atoms with van der Waals surface area (Å²) in [4.78, 5) is 24.5. The van der Waals surface area contributed by atoms with Crippen molar-refractivity contribution in [3.63, 3.8) is 0 Å². The van der Waals surface area contributed by atoms with E-state index in [0.717, 1.165) is 11.4 Å². The van der Waals surface area contributed by atoms with Crippen LogP contribution < -0.4 is 10.9 Å². The SMILES string of the molecule is Cc1cc(C(=O)NNC(=O)c2ccccc2F)c(C)n1-c1ccc(Cl)cc1. The number of hydrogen-bond acceptors (Lipinski definition) is 2. The third-order valence-corrected chi connectivity index (χ3v) is 4.42. The summed E-state index contributed by atoms with van der Waals surface area (Å²) >= 11 is 5.93. The molecule has 3 rings (SSSR count). The quantitative estimate of drug-likeness (QED) is 0.670. The van der Waals surface area contributed by atoms with E-state index in [4.69, 9.17) is 11.6 Å². The summed E-state index contributed by atoms with van der Waals surface area (Å²) in [5.74, 6) is -1.88. The molecule has 1 heterocycles. The minimum absolute atomic E-state index is 0.149. The average Bonchev–Trinajstić information content (AvgIpc) is 2.95. The molecule has 0 bridgehead atoms. The van der Waals surface area contributed by atoms with Gasteiger partial charge in [0.05, 0.1) is 11.1 Å². The summed E-state index contributed by atoms with van der Waals surface area (Å²) in [7, 11) is 0. The number of halogens is 2. The minimum atomic E-state index is -0.729. The van der Waals surface area contributed by atoms with Crippen LogP contribution in [0, 0.1) is 19.7 Å². The monoisotopic (exact) mass is 385 g/mol. The fourth-order valence-corrected chi connectivity index (χ4v) is 3.00. The number of nitrogens with one attached hydrogen (secondary N) is 2. The number of carbonyl (C=O) groups excluding carboxylic acids is 2. The highest BCUT2D eigenvalue weighted by molar-refractivity contribution is 6.30. The number of aromatic nitrogens is 1. The maximum Gasteiger partial charge on any atom is 0.272 e. The first kappa shape index (κ1) is 18.7. The number of rotatable bonds is 3. The number of hydrogen-bond donors (Lipinski definition) is 2. The zero-order chi connectivity index (χ0) is 19.6. The lowest BCUT2D eigenvalue weighted by atomic mass is 10.2. The smallest absolute Gasteiger partial charge is 0.272 e. The molecule has 5 nitrogen and oxygen atoms in total. The normalized spacial score (nSPS) is 10.5. The van der Waals surface area contributed by atoms with Crippen LogP contribution in [-0.2, 0) is 0 Å². The van der Waals surface area contributed by atoms with Gasteiger partial charge in [0.1, 0.15) is 5.82 Å². The van der Waals surface area contributed by atoms with Gasteiger partial charge >= 0.3 is 0 Å². The van der Waals surface area contributed by atoms with E-state index in [1.165, 1.54) is 18.2 Å². The van der Waals surface area contributed by atoms with Crippen molar-refractivity contribution >= 4 is 23.4 Å². The first-order valence-electron chi connectivity index (χ1n) is 8.18. The molecule has 2 N–H and O–H groups in total. The molecule has 0 saturated heterocycles. The highest BCUT2D eigenvalue weighted by Gasteiger charge is 2.18. The van der Waals surface area contributed by atoms with Crippen molar-refractivity contribution < 1.29 is 14.0 Å². The van der Waals surface area contributed by atoms with E-state index in [0.29, 0.717) is 16.3 Å². The molecule has 138 valence electrons. The van der Waals surface area contributed by atoms with Gasteiger partial charge in [-0.3, -0.25) is 20.4 Å². The fraction of sp³-hybridized carbons (Fsp3) is 0.100. The maximum absolute atomic E-state index is 13.6. The molecule has 0 fully saturated rings. The Balaban J connectivity index is 1.78. The highest BCUT2D eigenvalue weighted by Crippen LogP contribution is 2.22. The van der Waals surface area contributed by atoms with E-state index in [1.807, 2.05) is 23.6 Å². The lowest BCUT2D eigenvalue weighted by Crippen LogP contribution is -2.42. The summed E-state index contributed by atoms with van der Waals surface area (Å²) in [6, 6.07) is 14.5. The molecular formula is C20H17ClFN3O2. The zero-order valence-corrected chi connectivity index (χ0v) is 15.5. The van der Waals surface area contributed by atoms with Gasteiger partial charge in [-0.15, -0.1) is 0 Å². The lowest BCUT2D eigenvalue weighted by molar-refractivity contribution is 0.0844. The summed E-state index contributed by atoms with van der Waals surface area (Å²) in [5.41, 5.74) is 7.23. The second-order valence-corrected chi connectivity index (χ2v) is 6.42. The van der Waals surface area contributed by atoms with Gasteiger partial charge < -0.3 is 4.57 Å². The lowest BCUT2D eigenvalue weighted by Gasteiger charge is -2.11. The van der Waals surface area contributed by atoms with Crippen LogP contribution in [-0.4, -0.2) is 16.4 Å². The van der Waals surface area contributed by atoms with E-state index in [9.17, 15) is 14.0 Å². The van der Waals surface area contributed by atoms with Gasteiger partial charge in [0.25, 0.3) is 11.8 Å². The van der Waals surface area contributed by atoms with Crippen molar-refractivity contribution in [3.05, 3.63) is 88.0 Å². The number of nitrogens with zero attached hydrogens (tertiary/aromatic N) is 1. The molecule has 0 aliphatic rings. The molecule has 0 unspecified atom stereocenters. The number of aryl methyl sites for hydroxylation is 1. The molecule has 27 heavy (non-hydrogen) atoms. The van der Waals surface area contributed by atoms with Crippen LogP contribution in [0.25, 0.3) is 5.69 Å². The molecule has 1 aromatic heterocycles. The van der Waals surface area contributed by atoms with Crippen molar-refractivity contribution in [2.24, 2.45) is 0 Å². The first-order chi connectivity index (χ1) is 12.9. The Morgan fingerprint density at radius 3 is 2.15 bits per heavy atom. The molecule has 2 amide bonds. The molecule has 0 atom stereocenters. The summed E-state index contributed by atoms with van der Waals surface area (Å²) in [6.45, 7) is 3.67. The second-order valence-electron chi connectivity index (χ2n) is 5.98. The van der Waals surface area contributed by atoms with Crippen LogP contribution in [0.1, 0.15) is 32.1 Å². The van der Waals surface area contributed by atoms with E-state index in [-0.39, 0.29) is 5.56 Å². The van der Waals surface area contributed by atoms with E-state index in [2.05, 4.69) is 10.9 Å². The molecule has 0 aliphatic heterocycles. The van der Waals surface area contributed by atoms with Crippen molar-refractivity contribution in [1.29, 1.82) is 0 Å². The van der Waals surface area contributed by atoms with Crippen molar-refractivity contribution in [2.45, 2.75) is 13.8 Å². The second kappa shape index (κ2) is 7.63. The largest absolute Gasteiger partial charge is 0.318 e. The van der Waals surface area contributed by atoms with Gasteiger partial charge in [0.2, 0.25) is 0 Å². The third-order valence-electron chi connectivity index (χ3n) is 4.17. The van der Waals surface area contributed by atoms with Crippen LogP contribution in [0.2, 0.25) is 5.02 Å². The highest BCUT2D eigenvalue weighted by atomic mass is 35.5. The maximum atomic E-state index is 13.6. The molecule has 0 saturated carbocycles. The molecule has 2 aromatic carbocycles. The van der Waals surface area contributed by atoms with Gasteiger partial charge in [-0.1, -0.05) is 23.7 Å². The van der Waals surface area contributed by atoms with Crippen molar-refractivity contribution in [1.82, 2.24) is 15.4 Å². The molecule has 0 aliphatic carbocycles. The predicted octanol–water partition coefficient (Wildman–Crippen LogP) is 3.96. The molecule has 0 radical (unpaired) electrons. The van der Waals surface area contributed by atoms with Crippen molar-refractivity contribution in [2.75, 3.05) is 0 Å². The summed E-state index contributed by atoms with van der Waals surface area (Å²) in [5, 5.41) is 0.620. The number of hydrazine groups is 1. The summed E-state index contributed by atoms with van der Waals surface area (Å²) in [6.07, 6.45) is 0. The topological polar surface area (TPSA) is 63.1 Å². The van der Waals surface area contributed by atoms with Gasteiger partial charge in [-0.05, 0) is 56.3 Å². The molecule has 0 spiro atoms. The van der Waals surface area contributed by atoms with E-state index in [1.54, 1.807) is 31.2 Å². The number of amides is 2. The average molecular weight is 386 g/mol. The fourth-order valence-electron chi connectivity index (χ4n) is 2.87. The Kier molecular flexibility index (Phi) is 5.28. The molecule has 3 aromatic rings. The summed E-state index contributed by atoms with van der Waals surface area (Å²) < 4.78 is 15.5.